The van der Waals surface area contributed by atoms with Gasteiger partial charge in [-0.1, -0.05) is 0 Å². The standard InChI is InChI=1S/C11H14N6OS.ClH/c18-11(14-8-1-4-12-5-2-8)10-9(3-6-19-10)17-7-13-15-16-17;/h3,6-8,12H,1-2,4-5H2,(H,14,18);1H. The van der Waals surface area contributed by atoms with Gasteiger partial charge in [0.2, 0.25) is 0 Å². The number of tetrazole rings is 1. The van der Waals surface area contributed by atoms with Gasteiger partial charge in [0.05, 0.1) is 5.69 Å². The third-order valence-corrected chi connectivity index (χ3v) is 4.02. The van der Waals surface area contributed by atoms with Gasteiger partial charge in [0.25, 0.3) is 5.91 Å². The van der Waals surface area contributed by atoms with Gasteiger partial charge in [-0.25, -0.2) is 0 Å². The summed E-state index contributed by atoms with van der Waals surface area (Å²) in [5.41, 5.74) is 0.724. The fraction of sp³-hybridized carbons (Fsp3) is 0.455. The zero-order valence-electron chi connectivity index (χ0n) is 10.7. The molecule has 1 saturated heterocycles. The Morgan fingerprint density at radius 1 is 1.45 bits per heavy atom. The van der Waals surface area contributed by atoms with Crippen LogP contribution in [0.15, 0.2) is 17.8 Å². The predicted molar refractivity (Wildman–Crippen MR) is 77.6 cm³/mol. The van der Waals surface area contributed by atoms with Crippen LogP contribution in [-0.4, -0.2) is 45.2 Å². The van der Waals surface area contributed by atoms with Crippen molar-refractivity contribution < 1.29 is 4.79 Å². The summed E-state index contributed by atoms with van der Waals surface area (Å²) in [7, 11) is 0. The number of hydrogen-bond donors (Lipinski definition) is 2. The molecule has 7 nitrogen and oxygen atoms in total. The number of nitrogens with one attached hydrogen (secondary N) is 2. The van der Waals surface area contributed by atoms with Crippen LogP contribution >= 0.6 is 23.7 Å². The molecular weight excluding hydrogens is 300 g/mol. The molecule has 2 aromatic rings. The largest absolute Gasteiger partial charge is 0.348 e. The molecule has 1 fully saturated rings. The van der Waals surface area contributed by atoms with Gasteiger partial charge in [-0.15, -0.1) is 28.8 Å². The van der Waals surface area contributed by atoms with Gasteiger partial charge < -0.3 is 10.6 Å². The fourth-order valence-corrected chi connectivity index (χ4v) is 2.92. The van der Waals surface area contributed by atoms with Crippen LogP contribution in [0.2, 0.25) is 0 Å². The summed E-state index contributed by atoms with van der Waals surface area (Å²) in [5, 5.41) is 19.2. The number of nitrogens with zero attached hydrogens (tertiary/aromatic N) is 4. The van der Waals surface area contributed by atoms with E-state index in [1.54, 1.807) is 0 Å². The molecule has 9 heteroatoms. The number of rotatable bonds is 3. The van der Waals surface area contributed by atoms with Gasteiger partial charge in [0, 0.05) is 6.04 Å². The lowest BCUT2D eigenvalue weighted by atomic mass is 10.1. The molecule has 108 valence electrons. The van der Waals surface area contributed by atoms with E-state index in [1.807, 2.05) is 11.4 Å². The Bertz CT molecular complexity index is 551. The van der Waals surface area contributed by atoms with Crippen molar-refractivity contribution >= 4 is 29.7 Å². The Morgan fingerprint density at radius 3 is 2.95 bits per heavy atom. The van der Waals surface area contributed by atoms with Gasteiger partial charge in [-0.05, 0) is 47.8 Å². The highest BCUT2D eigenvalue weighted by molar-refractivity contribution is 7.12. The van der Waals surface area contributed by atoms with Gasteiger partial charge in [0.15, 0.2) is 0 Å². The topological polar surface area (TPSA) is 84.7 Å². The number of aromatic nitrogens is 4. The van der Waals surface area contributed by atoms with Crippen LogP contribution in [0.5, 0.6) is 0 Å². The molecule has 0 spiro atoms. The summed E-state index contributed by atoms with van der Waals surface area (Å²) in [6.45, 7) is 1.91. The third kappa shape index (κ3) is 3.14. The van der Waals surface area contributed by atoms with Crippen LogP contribution < -0.4 is 10.6 Å². The van der Waals surface area contributed by atoms with Crippen molar-refractivity contribution in [3.8, 4) is 5.69 Å². The van der Waals surface area contributed by atoms with E-state index in [9.17, 15) is 4.79 Å². The molecule has 3 heterocycles. The molecule has 1 aliphatic heterocycles. The summed E-state index contributed by atoms with van der Waals surface area (Å²) in [6.07, 6.45) is 3.43. The quantitative estimate of drug-likeness (QED) is 0.868. The maximum absolute atomic E-state index is 12.3. The lowest BCUT2D eigenvalue weighted by molar-refractivity contribution is 0.0933. The second-order valence-electron chi connectivity index (χ2n) is 4.39. The normalized spacial score (nSPS) is 15.6. The molecule has 0 atom stereocenters. The minimum absolute atomic E-state index is 0. The molecule has 20 heavy (non-hydrogen) atoms. The van der Waals surface area contributed by atoms with E-state index in [-0.39, 0.29) is 24.4 Å². The van der Waals surface area contributed by atoms with Crippen molar-refractivity contribution in [1.29, 1.82) is 0 Å². The van der Waals surface area contributed by atoms with E-state index in [1.165, 1.54) is 22.3 Å². The van der Waals surface area contributed by atoms with Gasteiger partial charge in [-0.3, -0.25) is 4.79 Å². The van der Waals surface area contributed by atoms with Crippen molar-refractivity contribution in [1.82, 2.24) is 30.8 Å². The maximum atomic E-state index is 12.3. The average molecular weight is 315 g/mol. The number of hydrogen-bond acceptors (Lipinski definition) is 6. The molecule has 0 aromatic carbocycles. The Balaban J connectivity index is 0.00000147. The smallest absolute Gasteiger partial charge is 0.263 e. The van der Waals surface area contributed by atoms with Gasteiger partial charge in [-0.2, -0.15) is 4.68 Å². The molecular formula is C11H15ClN6OS. The summed E-state index contributed by atoms with van der Waals surface area (Å²) < 4.78 is 1.51. The van der Waals surface area contributed by atoms with Crippen molar-refractivity contribution in [2.75, 3.05) is 13.1 Å². The van der Waals surface area contributed by atoms with E-state index in [4.69, 9.17) is 0 Å². The SMILES string of the molecule is Cl.O=C(NC1CCNCC1)c1sccc1-n1cnnn1. The molecule has 0 saturated carbocycles. The first-order chi connectivity index (χ1) is 9.34. The molecule has 0 bridgehead atoms. The maximum Gasteiger partial charge on any atom is 0.263 e. The molecule has 1 amide bonds. The summed E-state index contributed by atoms with van der Waals surface area (Å²) in [6, 6.07) is 2.09. The molecule has 1 aliphatic rings. The molecule has 2 aromatic heterocycles. The van der Waals surface area contributed by atoms with Crippen LogP contribution in [0, 0.1) is 0 Å². The van der Waals surface area contributed by atoms with Crippen LogP contribution in [0.4, 0.5) is 0 Å². The molecule has 3 rings (SSSR count). The monoisotopic (exact) mass is 314 g/mol. The van der Waals surface area contributed by atoms with Crippen molar-refractivity contribution in [2.24, 2.45) is 0 Å². The predicted octanol–water partition coefficient (Wildman–Crippen LogP) is 0.627. The molecule has 0 aliphatic carbocycles. The van der Waals surface area contributed by atoms with Crippen LogP contribution in [0.3, 0.4) is 0 Å². The number of thiophene rings is 1. The van der Waals surface area contributed by atoms with Crippen LogP contribution in [0.25, 0.3) is 5.69 Å². The Kier molecular flexibility index (Phi) is 5.05. The zero-order chi connectivity index (χ0) is 13.1. The Labute approximate surface area is 126 Å². The van der Waals surface area contributed by atoms with Crippen molar-refractivity contribution in [3.63, 3.8) is 0 Å². The van der Waals surface area contributed by atoms with Crippen molar-refractivity contribution in [2.45, 2.75) is 18.9 Å². The van der Waals surface area contributed by atoms with E-state index in [0.717, 1.165) is 31.6 Å². The minimum atomic E-state index is -0.0487. The molecule has 2 N–H and O–H groups in total. The van der Waals surface area contributed by atoms with E-state index < -0.39 is 0 Å². The summed E-state index contributed by atoms with van der Waals surface area (Å²) in [4.78, 5) is 12.9. The lowest BCUT2D eigenvalue weighted by Crippen LogP contribution is -2.42. The average Bonchev–Trinajstić information content (AvgIpc) is 3.10. The molecule has 0 radical (unpaired) electrons. The van der Waals surface area contributed by atoms with E-state index >= 15 is 0 Å². The second-order valence-corrected chi connectivity index (χ2v) is 5.30. The van der Waals surface area contributed by atoms with Crippen LogP contribution in [0.1, 0.15) is 22.5 Å². The number of carbonyl (C=O) groups is 1. The van der Waals surface area contributed by atoms with E-state index in [2.05, 4.69) is 26.2 Å². The number of amides is 1. The minimum Gasteiger partial charge on any atom is -0.348 e. The summed E-state index contributed by atoms with van der Waals surface area (Å²) >= 11 is 1.40. The Morgan fingerprint density at radius 2 is 2.25 bits per heavy atom. The fourth-order valence-electron chi connectivity index (χ4n) is 2.14. The van der Waals surface area contributed by atoms with Crippen LogP contribution in [-0.2, 0) is 0 Å². The first kappa shape index (κ1) is 14.9. The lowest BCUT2D eigenvalue weighted by Gasteiger charge is -2.23. The van der Waals surface area contributed by atoms with Gasteiger partial charge in [0.1, 0.15) is 11.2 Å². The second kappa shape index (κ2) is 6.78. The highest BCUT2D eigenvalue weighted by Gasteiger charge is 2.20. The number of halogens is 1. The summed E-state index contributed by atoms with van der Waals surface area (Å²) in [5.74, 6) is -0.0487. The van der Waals surface area contributed by atoms with Crippen molar-refractivity contribution in [3.05, 3.63) is 22.7 Å². The van der Waals surface area contributed by atoms with Gasteiger partial charge >= 0.3 is 0 Å². The molecule has 0 unspecified atom stereocenters. The highest BCUT2D eigenvalue weighted by Crippen LogP contribution is 2.20. The number of piperidine rings is 1. The zero-order valence-corrected chi connectivity index (χ0v) is 12.3. The van der Waals surface area contributed by atoms with E-state index in [0.29, 0.717) is 4.88 Å². The first-order valence-electron chi connectivity index (χ1n) is 6.17. The first-order valence-corrected chi connectivity index (χ1v) is 7.05. The highest BCUT2D eigenvalue weighted by atomic mass is 35.5. The Hall–Kier alpha value is -1.51. The number of carbonyl (C=O) groups excluding carboxylic acids is 1. The third-order valence-electron chi connectivity index (χ3n) is 3.12.